The summed E-state index contributed by atoms with van der Waals surface area (Å²) in [5, 5.41) is 2.95. The molecular formula is C64H59Cl2SiZr. The van der Waals surface area contributed by atoms with Crippen LogP contribution in [-0.2, 0) is 16.4 Å². The fraction of sp³-hybridized carbons (Fsp3) is 0.188. The number of halogens is 2. The zero-order valence-corrected chi connectivity index (χ0v) is 45.5. The van der Waals surface area contributed by atoms with Crippen LogP contribution < -0.4 is 13.6 Å². The third kappa shape index (κ3) is 7.07. The van der Waals surface area contributed by atoms with Crippen LogP contribution in [0.1, 0.15) is 81.2 Å². The number of benzene rings is 8. The molecule has 0 saturated heterocycles. The van der Waals surface area contributed by atoms with E-state index in [1.54, 1.807) is 0 Å². The summed E-state index contributed by atoms with van der Waals surface area (Å²) in [5.41, 5.74) is 23.2. The Kier molecular flexibility index (Phi) is 11.8. The van der Waals surface area contributed by atoms with Crippen molar-refractivity contribution in [2.24, 2.45) is 11.8 Å². The SMILES string of the molecule is CCC(C)C1=Cc2c(ccc(C)c2-c2ccccc2-c2ccccc2)[CH]1[Zr]([Cl])([Cl])([c]1cccc2c1[SiH2]c1ccccc1-2)[CH]1C(C(C)CC)=Cc2c1ccc(C)c2-c1ccccc1-c1ccccc1. The zero-order chi connectivity index (χ0) is 46.9. The van der Waals surface area contributed by atoms with Gasteiger partial charge in [-0.2, -0.15) is 0 Å². The maximum absolute atomic E-state index is 9.65. The Hall–Kier alpha value is -5.08. The Morgan fingerprint density at radius 1 is 0.456 bits per heavy atom. The standard InChI is InChI=1S/2C26H25.C12H9Si.2ClH.Zr/c2*1-4-18(2)22-16-21-15-14-19(3)26(25(21)17-22)24-13-9-8-12-23(24)20-10-6-5-7-11-20;1-3-7-11-9(5-1)10-6-2-4-8-12(10)13-11;;;/h2*5-18H,4H2,1-3H3;1-7H,13H2;2*1H;/q;;;;;+2/p-2. The first kappa shape index (κ1) is 45.4. The van der Waals surface area contributed by atoms with Crippen molar-refractivity contribution in [3.63, 3.8) is 0 Å². The minimum atomic E-state index is -5.87. The molecule has 0 radical (unpaired) electrons. The van der Waals surface area contributed by atoms with Crippen molar-refractivity contribution in [1.82, 2.24) is 0 Å². The molecule has 0 nitrogen and oxygen atoms in total. The van der Waals surface area contributed by atoms with Gasteiger partial charge >= 0.3 is 418 Å². The third-order valence-electron chi connectivity index (χ3n) is 16.2. The van der Waals surface area contributed by atoms with Crippen LogP contribution in [0.4, 0.5) is 0 Å². The van der Waals surface area contributed by atoms with E-state index in [0.29, 0.717) is 0 Å². The minimum absolute atomic E-state index is 0.165. The van der Waals surface area contributed by atoms with Gasteiger partial charge in [0.25, 0.3) is 0 Å². The van der Waals surface area contributed by atoms with E-state index in [2.05, 4.69) is 230 Å². The van der Waals surface area contributed by atoms with Gasteiger partial charge in [0.1, 0.15) is 0 Å². The molecule has 4 heteroatoms. The van der Waals surface area contributed by atoms with Crippen molar-refractivity contribution in [3.05, 3.63) is 220 Å². The Balaban J connectivity index is 1.24. The number of hydrogen-bond acceptors (Lipinski definition) is 0. The fourth-order valence-electron chi connectivity index (χ4n) is 12.6. The first-order valence-electron chi connectivity index (χ1n) is 24.8. The van der Waals surface area contributed by atoms with Crippen molar-refractivity contribution < 1.29 is 16.4 Å². The van der Waals surface area contributed by atoms with Crippen LogP contribution in [0.25, 0.3) is 67.8 Å². The van der Waals surface area contributed by atoms with Crippen molar-refractivity contribution in [2.45, 2.75) is 61.6 Å². The van der Waals surface area contributed by atoms with E-state index in [-0.39, 0.29) is 19.1 Å². The molecule has 68 heavy (non-hydrogen) atoms. The summed E-state index contributed by atoms with van der Waals surface area (Å²) in [6.07, 6.45) is 7.13. The second kappa shape index (κ2) is 17.7. The number of aryl methyl sites for hydroxylation is 2. The molecule has 3 aliphatic rings. The predicted molar refractivity (Wildman–Crippen MR) is 295 cm³/mol. The third-order valence-corrected chi connectivity index (χ3v) is 38.8. The molecule has 8 aromatic rings. The topological polar surface area (TPSA) is 0 Å². The van der Waals surface area contributed by atoms with E-state index in [9.17, 15) is 17.0 Å². The Bertz CT molecular complexity index is 3170. The summed E-state index contributed by atoms with van der Waals surface area (Å²) in [6, 6.07) is 65.5. The van der Waals surface area contributed by atoms with Crippen LogP contribution in [0, 0.1) is 25.7 Å². The van der Waals surface area contributed by atoms with Gasteiger partial charge < -0.3 is 0 Å². The molecule has 0 amide bonds. The molecular weight excluding hydrogens is 959 g/mol. The quantitative estimate of drug-likeness (QED) is 0.113. The molecule has 337 valence electrons. The normalized spacial score (nSPS) is 17.6. The summed E-state index contributed by atoms with van der Waals surface area (Å²) in [5.74, 6) is 0.509. The first-order valence-corrected chi connectivity index (χ1v) is 36.6. The van der Waals surface area contributed by atoms with Gasteiger partial charge in [0.2, 0.25) is 0 Å². The summed E-state index contributed by atoms with van der Waals surface area (Å²) in [4.78, 5) is 0. The molecule has 1 aliphatic heterocycles. The van der Waals surface area contributed by atoms with E-state index < -0.39 is 25.9 Å². The molecule has 4 unspecified atom stereocenters. The van der Waals surface area contributed by atoms with Crippen molar-refractivity contribution in [2.75, 3.05) is 0 Å². The molecule has 8 aromatic carbocycles. The molecule has 0 saturated carbocycles. The number of fused-ring (bicyclic) bond motifs is 5. The van der Waals surface area contributed by atoms with E-state index in [1.807, 2.05) is 0 Å². The van der Waals surface area contributed by atoms with Gasteiger partial charge in [-0.1, -0.05) is 0 Å². The molecule has 0 spiro atoms. The van der Waals surface area contributed by atoms with Crippen molar-refractivity contribution >= 4 is 52.3 Å². The average Bonchev–Trinajstić information content (AvgIpc) is 4.10. The van der Waals surface area contributed by atoms with E-state index in [4.69, 9.17) is 0 Å². The van der Waals surface area contributed by atoms with E-state index >= 15 is 0 Å². The van der Waals surface area contributed by atoms with Gasteiger partial charge in [0.05, 0.1) is 0 Å². The Morgan fingerprint density at radius 2 is 0.868 bits per heavy atom. The van der Waals surface area contributed by atoms with Gasteiger partial charge in [-0.3, -0.25) is 0 Å². The summed E-state index contributed by atoms with van der Waals surface area (Å²) in [6.45, 7) is 14.1. The molecule has 0 N–H and O–H groups in total. The van der Waals surface area contributed by atoms with Gasteiger partial charge in [-0.15, -0.1) is 0 Å². The molecule has 0 bridgehead atoms. The van der Waals surface area contributed by atoms with Gasteiger partial charge in [-0.05, 0) is 0 Å². The summed E-state index contributed by atoms with van der Waals surface area (Å²) < 4.78 is 0.955. The van der Waals surface area contributed by atoms with Gasteiger partial charge in [0.15, 0.2) is 0 Å². The number of rotatable bonds is 11. The average molecular weight is 1020 g/mol. The zero-order valence-electron chi connectivity index (χ0n) is 40.1. The molecule has 4 atom stereocenters. The Morgan fingerprint density at radius 3 is 1.34 bits per heavy atom. The molecule has 1 heterocycles. The first-order chi connectivity index (χ1) is 33.0. The number of hydrogen-bond donors (Lipinski definition) is 0. The second-order valence-electron chi connectivity index (χ2n) is 19.9. The van der Waals surface area contributed by atoms with E-state index in [0.717, 1.165) is 12.8 Å². The molecule has 2 aliphatic carbocycles. The predicted octanol–water partition coefficient (Wildman–Crippen LogP) is 16.1. The van der Waals surface area contributed by atoms with Crippen LogP contribution in [0.15, 0.2) is 187 Å². The van der Waals surface area contributed by atoms with Crippen LogP contribution in [0.2, 0.25) is 0 Å². The van der Waals surface area contributed by atoms with Gasteiger partial charge in [-0.25, -0.2) is 0 Å². The monoisotopic (exact) mass is 1020 g/mol. The maximum atomic E-state index is 9.65. The summed E-state index contributed by atoms with van der Waals surface area (Å²) in [7, 11) is 18.4. The van der Waals surface area contributed by atoms with Crippen molar-refractivity contribution in [3.8, 4) is 55.6 Å². The van der Waals surface area contributed by atoms with Gasteiger partial charge in [0, 0.05) is 0 Å². The molecule has 0 aromatic heterocycles. The van der Waals surface area contributed by atoms with Crippen LogP contribution in [-0.4, -0.2) is 9.52 Å². The van der Waals surface area contributed by atoms with Crippen LogP contribution in [0.5, 0.6) is 0 Å². The van der Waals surface area contributed by atoms with E-state index in [1.165, 1.54) is 114 Å². The van der Waals surface area contributed by atoms with Crippen LogP contribution >= 0.6 is 17.0 Å². The summed E-state index contributed by atoms with van der Waals surface area (Å²) >= 11 is -5.87. The second-order valence-corrected chi connectivity index (χ2v) is 42.4. The Labute approximate surface area is 414 Å². The molecule has 11 rings (SSSR count). The fourth-order valence-corrected chi connectivity index (χ4v) is 40.6. The molecule has 0 fully saturated rings. The number of allylic oxidation sites excluding steroid dienone is 2. The van der Waals surface area contributed by atoms with Crippen LogP contribution in [0.3, 0.4) is 0 Å². The van der Waals surface area contributed by atoms with Crippen molar-refractivity contribution in [1.29, 1.82) is 0 Å².